The highest BCUT2D eigenvalue weighted by atomic mass is 16.1. The molecule has 1 saturated heterocycles. The van der Waals surface area contributed by atoms with Gasteiger partial charge in [-0.25, -0.2) is 4.98 Å². The monoisotopic (exact) mass is 234 g/mol. The van der Waals surface area contributed by atoms with E-state index in [9.17, 15) is 4.79 Å². The van der Waals surface area contributed by atoms with Crippen LogP contribution in [-0.4, -0.2) is 48.5 Å². The predicted octanol–water partition coefficient (Wildman–Crippen LogP) is 0.322. The first kappa shape index (κ1) is 11.9. The summed E-state index contributed by atoms with van der Waals surface area (Å²) in [7, 11) is 0. The van der Waals surface area contributed by atoms with E-state index in [1.807, 2.05) is 0 Å². The van der Waals surface area contributed by atoms with E-state index in [0.717, 1.165) is 38.5 Å². The van der Waals surface area contributed by atoms with E-state index in [1.165, 1.54) is 0 Å². The third-order valence-corrected chi connectivity index (χ3v) is 3.17. The number of anilines is 1. The van der Waals surface area contributed by atoms with Crippen LogP contribution in [0, 0.1) is 0 Å². The summed E-state index contributed by atoms with van der Waals surface area (Å²) < 4.78 is 0. The summed E-state index contributed by atoms with van der Waals surface area (Å²) in [4.78, 5) is 20.1. The Morgan fingerprint density at radius 1 is 1.41 bits per heavy atom. The maximum Gasteiger partial charge on any atom is 0.252 e. The number of hydrogen-bond donors (Lipinski definition) is 1. The molecule has 1 aliphatic rings. The van der Waals surface area contributed by atoms with Crippen molar-refractivity contribution in [2.24, 2.45) is 5.73 Å². The van der Waals surface area contributed by atoms with Gasteiger partial charge >= 0.3 is 0 Å². The molecule has 2 N–H and O–H groups in total. The Hall–Kier alpha value is -1.62. The van der Waals surface area contributed by atoms with Crippen molar-refractivity contribution in [3.05, 3.63) is 23.9 Å². The Balaban J connectivity index is 2.15. The van der Waals surface area contributed by atoms with E-state index in [1.54, 1.807) is 18.3 Å². The van der Waals surface area contributed by atoms with E-state index in [4.69, 9.17) is 5.73 Å². The molecule has 0 radical (unpaired) electrons. The first-order valence-electron chi connectivity index (χ1n) is 5.94. The van der Waals surface area contributed by atoms with Crippen LogP contribution in [0.1, 0.15) is 17.3 Å². The van der Waals surface area contributed by atoms with Gasteiger partial charge in [0.25, 0.3) is 5.91 Å². The summed E-state index contributed by atoms with van der Waals surface area (Å²) in [5, 5.41) is 0. The number of aromatic nitrogens is 1. The number of rotatable bonds is 3. The second-order valence-corrected chi connectivity index (χ2v) is 4.16. The van der Waals surface area contributed by atoms with Crippen LogP contribution >= 0.6 is 0 Å². The number of hydrogen-bond acceptors (Lipinski definition) is 4. The molecule has 92 valence electrons. The summed E-state index contributed by atoms with van der Waals surface area (Å²) in [5.74, 6) is 0.307. The fourth-order valence-electron chi connectivity index (χ4n) is 2.12. The van der Waals surface area contributed by atoms with Crippen molar-refractivity contribution in [1.29, 1.82) is 0 Å². The van der Waals surface area contributed by atoms with Crippen LogP contribution in [0.3, 0.4) is 0 Å². The Bertz CT molecular complexity index is 399. The van der Waals surface area contributed by atoms with E-state index in [2.05, 4.69) is 21.7 Å². The van der Waals surface area contributed by atoms with Gasteiger partial charge in [0.1, 0.15) is 5.82 Å². The summed E-state index contributed by atoms with van der Waals surface area (Å²) in [6.07, 6.45) is 1.70. The molecule has 0 spiro atoms. The van der Waals surface area contributed by atoms with Crippen LogP contribution < -0.4 is 10.6 Å². The minimum absolute atomic E-state index is 0.411. The van der Waals surface area contributed by atoms with Crippen molar-refractivity contribution in [2.45, 2.75) is 6.92 Å². The lowest BCUT2D eigenvalue weighted by Gasteiger charge is -2.35. The summed E-state index contributed by atoms with van der Waals surface area (Å²) in [6.45, 7) is 7.02. The highest BCUT2D eigenvalue weighted by Crippen LogP contribution is 2.18. The molecule has 17 heavy (non-hydrogen) atoms. The summed E-state index contributed by atoms with van der Waals surface area (Å²) in [6, 6.07) is 3.47. The smallest absolute Gasteiger partial charge is 0.252 e. The number of carbonyl (C=O) groups excluding carboxylic acids is 1. The first-order valence-corrected chi connectivity index (χ1v) is 5.94. The number of piperazine rings is 1. The molecule has 1 amide bonds. The number of likely N-dealkylation sites (N-methyl/N-ethyl adjacent to an activating group) is 1. The molecule has 0 aromatic carbocycles. The lowest BCUT2D eigenvalue weighted by atomic mass is 10.2. The van der Waals surface area contributed by atoms with Gasteiger partial charge in [-0.1, -0.05) is 6.92 Å². The topological polar surface area (TPSA) is 62.5 Å². The lowest BCUT2D eigenvalue weighted by molar-refractivity contribution is 0.1000. The zero-order valence-electron chi connectivity index (χ0n) is 10.1. The molecule has 1 aromatic heterocycles. The van der Waals surface area contributed by atoms with Crippen LogP contribution in [0.2, 0.25) is 0 Å². The quantitative estimate of drug-likeness (QED) is 0.818. The summed E-state index contributed by atoms with van der Waals surface area (Å²) in [5.41, 5.74) is 5.87. The lowest BCUT2D eigenvalue weighted by Crippen LogP contribution is -2.47. The van der Waals surface area contributed by atoms with Crippen molar-refractivity contribution >= 4 is 11.7 Å². The Kier molecular flexibility index (Phi) is 3.58. The maximum atomic E-state index is 11.3. The van der Waals surface area contributed by atoms with Crippen LogP contribution in [0.4, 0.5) is 5.82 Å². The zero-order valence-corrected chi connectivity index (χ0v) is 10.1. The minimum Gasteiger partial charge on any atom is -0.365 e. The normalized spacial score (nSPS) is 17.1. The molecule has 1 aromatic rings. The fraction of sp³-hybridized carbons (Fsp3) is 0.500. The van der Waals surface area contributed by atoms with Gasteiger partial charge in [0.15, 0.2) is 0 Å². The maximum absolute atomic E-state index is 11.3. The van der Waals surface area contributed by atoms with E-state index >= 15 is 0 Å². The second kappa shape index (κ2) is 5.14. The van der Waals surface area contributed by atoms with Gasteiger partial charge in [-0.2, -0.15) is 0 Å². The second-order valence-electron chi connectivity index (χ2n) is 4.16. The standard InChI is InChI=1S/C12H18N4O/c1-2-15-6-8-16(9-7-15)12-10(11(13)17)4-3-5-14-12/h3-5H,2,6-9H2,1H3,(H2,13,17). The van der Waals surface area contributed by atoms with Crippen molar-refractivity contribution in [1.82, 2.24) is 9.88 Å². The molecular weight excluding hydrogens is 216 g/mol. The molecule has 5 heteroatoms. The average molecular weight is 234 g/mol. The molecule has 2 heterocycles. The number of carbonyl (C=O) groups is 1. The van der Waals surface area contributed by atoms with Gasteiger partial charge in [-0.3, -0.25) is 4.79 Å². The summed E-state index contributed by atoms with van der Waals surface area (Å²) >= 11 is 0. The predicted molar refractivity (Wildman–Crippen MR) is 67.1 cm³/mol. The first-order chi connectivity index (χ1) is 8.22. The SMILES string of the molecule is CCN1CCN(c2ncccc2C(N)=O)CC1. The fourth-order valence-corrected chi connectivity index (χ4v) is 2.12. The largest absolute Gasteiger partial charge is 0.365 e. The van der Waals surface area contributed by atoms with Gasteiger partial charge in [0, 0.05) is 32.4 Å². The molecule has 2 rings (SSSR count). The third kappa shape index (κ3) is 2.55. The molecule has 0 bridgehead atoms. The Labute approximate surface area is 101 Å². The van der Waals surface area contributed by atoms with Crippen LogP contribution in [0.5, 0.6) is 0 Å². The molecule has 5 nitrogen and oxygen atoms in total. The van der Waals surface area contributed by atoms with E-state index in [0.29, 0.717) is 5.56 Å². The highest BCUT2D eigenvalue weighted by Gasteiger charge is 2.20. The molecule has 0 saturated carbocycles. The molecule has 0 atom stereocenters. The number of amides is 1. The Morgan fingerprint density at radius 3 is 2.71 bits per heavy atom. The molecule has 0 aliphatic carbocycles. The number of nitrogens with zero attached hydrogens (tertiary/aromatic N) is 3. The number of primary amides is 1. The Morgan fingerprint density at radius 2 is 2.12 bits per heavy atom. The van der Waals surface area contributed by atoms with Gasteiger partial charge in [0.05, 0.1) is 5.56 Å². The van der Waals surface area contributed by atoms with Crippen molar-refractivity contribution < 1.29 is 4.79 Å². The average Bonchev–Trinajstić information content (AvgIpc) is 2.39. The molecular formula is C12H18N4O. The van der Waals surface area contributed by atoms with Gasteiger partial charge < -0.3 is 15.5 Å². The van der Waals surface area contributed by atoms with Crippen molar-refractivity contribution in [2.75, 3.05) is 37.6 Å². The molecule has 1 aliphatic heterocycles. The number of pyridine rings is 1. The van der Waals surface area contributed by atoms with E-state index < -0.39 is 5.91 Å². The van der Waals surface area contributed by atoms with Crippen LogP contribution in [-0.2, 0) is 0 Å². The van der Waals surface area contributed by atoms with Crippen molar-refractivity contribution in [3.8, 4) is 0 Å². The van der Waals surface area contributed by atoms with Crippen LogP contribution in [0.15, 0.2) is 18.3 Å². The van der Waals surface area contributed by atoms with Crippen LogP contribution in [0.25, 0.3) is 0 Å². The third-order valence-electron chi connectivity index (χ3n) is 3.17. The van der Waals surface area contributed by atoms with Gasteiger partial charge in [0.2, 0.25) is 0 Å². The highest BCUT2D eigenvalue weighted by molar-refractivity contribution is 5.97. The minimum atomic E-state index is -0.411. The molecule has 0 unspecified atom stereocenters. The van der Waals surface area contributed by atoms with E-state index in [-0.39, 0.29) is 0 Å². The molecule has 1 fully saturated rings. The van der Waals surface area contributed by atoms with Crippen molar-refractivity contribution in [3.63, 3.8) is 0 Å². The zero-order chi connectivity index (χ0) is 12.3. The number of nitrogens with two attached hydrogens (primary N) is 1. The van der Waals surface area contributed by atoms with Gasteiger partial charge in [-0.15, -0.1) is 0 Å². The van der Waals surface area contributed by atoms with Gasteiger partial charge in [-0.05, 0) is 18.7 Å².